The van der Waals surface area contributed by atoms with Crippen LogP contribution < -0.4 is 0 Å². The van der Waals surface area contributed by atoms with E-state index in [0.717, 1.165) is 31.1 Å². The molecular formula is C13H22O3. The molecule has 4 unspecified atom stereocenters. The zero-order valence-corrected chi connectivity index (χ0v) is 10.3. The highest BCUT2D eigenvalue weighted by Gasteiger charge is 2.38. The van der Waals surface area contributed by atoms with Crippen LogP contribution in [0.4, 0.5) is 0 Å². The molecule has 92 valence electrons. The maximum atomic E-state index is 11.5. The van der Waals surface area contributed by atoms with Gasteiger partial charge in [0.05, 0.1) is 19.1 Å². The van der Waals surface area contributed by atoms with Crippen LogP contribution in [0, 0.1) is 17.8 Å². The lowest BCUT2D eigenvalue weighted by atomic mass is 9.67. The molecule has 0 heterocycles. The van der Waals surface area contributed by atoms with Crippen LogP contribution in [0.25, 0.3) is 0 Å². The minimum atomic E-state index is -0.00712. The van der Waals surface area contributed by atoms with Gasteiger partial charge in [0.1, 0.15) is 0 Å². The van der Waals surface area contributed by atoms with Gasteiger partial charge in [0.15, 0.2) is 0 Å². The third kappa shape index (κ3) is 2.40. The van der Waals surface area contributed by atoms with Gasteiger partial charge in [-0.1, -0.05) is 0 Å². The number of fused-ring (bicyclic) bond motifs is 1. The van der Waals surface area contributed by atoms with Crippen LogP contribution in [0.1, 0.15) is 38.5 Å². The number of rotatable bonds is 2. The molecule has 0 aromatic heterocycles. The minimum absolute atomic E-state index is 0.00712. The van der Waals surface area contributed by atoms with E-state index in [2.05, 4.69) is 0 Å². The van der Waals surface area contributed by atoms with Crippen molar-refractivity contribution in [2.75, 3.05) is 14.2 Å². The molecule has 0 bridgehead atoms. The van der Waals surface area contributed by atoms with Crippen LogP contribution >= 0.6 is 0 Å². The summed E-state index contributed by atoms with van der Waals surface area (Å²) >= 11 is 0. The Bertz CT molecular complexity index is 252. The Kier molecular flexibility index (Phi) is 3.85. The highest BCUT2D eigenvalue weighted by molar-refractivity contribution is 5.72. The summed E-state index contributed by atoms with van der Waals surface area (Å²) in [4.78, 5) is 11.5. The molecule has 0 radical (unpaired) electrons. The van der Waals surface area contributed by atoms with Crippen LogP contribution in [0.5, 0.6) is 0 Å². The van der Waals surface area contributed by atoms with Gasteiger partial charge in [-0.15, -0.1) is 0 Å². The topological polar surface area (TPSA) is 35.5 Å². The predicted molar refractivity (Wildman–Crippen MR) is 61.0 cm³/mol. The molecule has 0 N–H and O–H groups in total. The summed E-state index contributed by atoms with van der Waals surface area (Å²) in [5.74, 6) is 1.65. The summed E-state index contributed by atoms with van der Waals surface area (Å²) < 4.78 is 10.3. The summed E-state index contributed by atoms with van der Waals surface area (Å²) in [5, 5.41) is 0. The summed E-state index contributed by atoms with van der Waals surface area (Å²) in [5.41, 5.74) is 0. The lowest BCUT2D eigenvalue weighted by molar-refractivity contribution is -0.148. The molecule has 2 aliphatic carbocycles. The lowest BCUT2D eigenvalue weighted by Gasteiger charge is -2.40. The molecular weight excluding hydrogens is 204 g/mol. The smallest absolute Gasteiger partial charge is 0.308 e. The van der Waals surface area contributed by atoms with Crippen molar-refractivity contribution in [2.45, 2.75) is 44.6 Å². The molecule has 3 nitrogen and oxygen atoms in total. The quantitative estimate of drug-likeness (QED) is 0.678. The van der Waals surface area contributed by atoms with Crippen molar-refractivity contribution in [1.82, 2.24) is 0 Å². The SMILES string of the molecule is COC(=O)C1CCC2CC(OC)CCC2C1. The van der Waals surface area contributed by atoms with Crippen molar-refractivity contribution in [2.24, 2.45) is 17.8 Å². The largest absolute Gasteiger partial charge is 0.469 e. The predicted octanol–water partition coefficient (Wildman–Crippen LogP) is 2.39. The maximum Gasteiger partial charge on any atom is 0.308 e. The number of esters is 1. The van der Waals surface area contributed by atoms with Gasteiger partial charge < -0.3 is 9.47 Å². The highest BCUT2D eigenvalue weighted by Crippen LogP contribution is 2.43. The summed E-state index contributed by atoms with van der Waals surface area (Å²) in [6.45, 7) is 0. The van der Waals surface area contributed by atoms with Gasteiger partial charge in [-0.25, -0.2) is 0 Å². The molecule has 0 amide bonds. The van der Waals surface area contributed by atoms with Crippen LogP contribution in [0.2, 0.25) is 0 Å². The van der Waals surface area contributed by atoms with Crippen molar-refractivity contribution in [3.63, 3.8) is 0 Å². The van der Waals surface area contributed by atoms with E-state index in [9.17, 15) is 4.79 Å². The molecule has 0 aliphatic heterocycles. The van der Waals surface area contributed by atoms with E-state index < -0.39 is 0 Å². The Labute approximate surface area is 97.5 Å². The van der Waals surface area contributed by atoms with Crippen LogP contribution in [0.3, 0.4) is 0 Å². The molecule has 0 aromatic carbocycles. The van der Waals surface area contributed by atoms with Crippen LogP contribution in [-0.2, 0) is 14.3 Å². The third-order valence-corrected chi connectivity index (χ3v) is 4.43. The highest BCUT2D eigenvalue weighted by atomic mass is 16.5. The average molecular weight is 226 g/mol. The van der Waals surface area contributed by atoms with Gasteiger partial charge in [0.25, 0.3) is 0 Å². The van der Waals surface area contributed by atoms with Gasteiger partial charge in [-0.05, 0) is 50.4 Å². The molecule has 0 spiro atoms. The normalized spacial score (nSPS) is 38.9. The molecule has 3 heteroatoms. The second-order valence-corrected chi connectivity index (χ2v) is 5.22. The Morgan fingerprint density at radius 1 is 1.00 bits per heavy atom. The van der Waals surface area contributed by atoms with E-state index in [4.69, 9.17) is 9.47 Å². The van der Waals surface area contributed by atoms with Crippen LogP contribution in [0.15, 0.2) is 0 Å². The van der Waals surface area contributed by atoms with Gasteiger partial charge in [-0.2, -0.15) is 0 Å². The Hall–Kier alpha value is -0.570. The molecule has 2 rings (SSSR count). The number of hydrogen-bond donors (Lipinski definition) is 0. The van der Waals surface area contributed by atoms with E-state index in [-0.39, 0.29) is 11.9 Å². The van der Waals surface area contributed by atoms with Gasteiger partial charge in [-0.3, -0.25) is 4.79 Å². The van der Waals surface area contributed by atoms with E-state index in [1.165, 1.54) is 26.4 Å². The monoisotopic (exact) mass is 226 g/mol. The fourth-order valence-corrected chi connectivity index (χ4v) is 3.44. The minimum Gasteiger partial charge on any atom is -0.469 e. The summed E-state index contributed by atoms with van der Waals surface area (Å²) in [6, 6.07) is 0. The van der Waals surface area contributed by atoms with Crippen LogP contribution in [-0.4, -0.2) is 26.3 Å². The summed E-state index contributed by atoms with van der Waals surface area (Å²) in [6.07, 6.45) is 7.23. The van der Waals surface area contributed by atoms with E-state index >= 15 is 0 Å². The van der Waals surface area contributed by atoms with Crippen molar-refractivity contribution >= 4 is 5.97 Å². The molecule has 2 aliphatic rings. The number of methoxy groups -OCH3 is 2. The number of carbonyl (C=O) groups is 1. The van der Waals surface area contributed by atoms with E-state index in [0.29, 0.717) is 6.10 Å². The standard InChI is InChI=1S/C13H22O3/c1-15-12-6-5-9-7-11(13(14)16-2)4-3-10(9)8-12/h9-12H,3-8H2,1-2H3. The molecule has 16 heavy (non-hydrogen) atoms. The first-order chi connectivity index (χ1) is 7.74. The number of ether oxygens (including phenoxy) is 2. The Morgan fingerprint density at radius 3 is 2.38 bits per heavy atom. The van der Waals surface area contributed by atoms with Gasteiger partial charge in [0, 0.05) is 7.11 Å². The second-order valence-electron chi connectivity index (χ2n) is 5.22. The maximum absolute atomic E-state index is 11.5. The Balaban J connectivity index is 1.90. The number of carbonyl (C=O) groups excluding carboxylic acids is 1. The zero-order valence-electron chi connectivity index (χ0n) is 10.3. The first kappa shape index (κ1) is 11.9. The third-order valence-electron chi connectivity index (χ3n) is 4.43. The van der Waals surface area contributed by atoms with Gasteiger partial charge >= 0.3 is 5.97 Å². The molecule has 2 fully saturated rings. The van der Waals surface area contributed by atoms with Crippen molar-refractivity contribution in [3.05, 3.63) is 0 Å². The summed E-state index contributed by atoms with van der Waals surface area (Å²) in [7, 11) is 3.31. The first-order valence-electron chi connectivity index (χ1n) is 6.35. The lowest BCUT2D eigenvalue weighted by Crippen LogP contribution is -2.36. The van der Waals surface area contributed by atoms with Gasteiger partial charge in [0.2, 0.25) is 0 Å². The van der Waals surface area contributed by atoms with E-state index in [1.54, 1.807) is 0 Å². The molecule has 2 saturated carbocycles. The molecule has 0 saturated heterocycles. The molecule has 4 atom stereocenters. The first-order valence-corrected chi connectivity index (χ1v) is 6.35. The zero-order chi connectivity index (χ0) is 11.5. The Morgan fingerprint density at radius 2 is 1.69 bits per heavy atom. The second kappa shape index (κ2) is 5.17. The van der Waals surface area contributed by atoms with E-state index in [1.807, 2.05) is 7.11 Å². The van der Waals surface area contributed by atoms with Crippen molar-refractivity contribution in [1.29, 1.82) is 0 Å². The fraction of sp³-hybridized carbons (Fsp3) is 0.923. The number of hydrogen-bond acceptors (Lipinski definition) is 3. The van der Waals surface area contributed by atoms with Crippen molar-refractivity contribution < 1.29 is 14.3 Å². The van der Waals surface area contributed by atoms with Crippen molar-refractivity contribution in [3.8, 4) is 0 Å². The average Bonchev–Trinajstić information content (AvgIpc) is 2.36. The molecule has 0 aromatic rings. The fourth-order valence-electron chi connectivity index (χ4n) is 3.44.